The van der Waals surface area contributed by atoms with Crippen LogP contribution in [0.4, 0.5) is 15.2 Å². The Morgan fingerprint density at radius 3 is 2.54 bits per heavy atom. The topological polar surface area (TPSA) is 85.5 Å². The number of anilines is 2. The molecule has 0 aliphatic heterocycles. The molecule has 2 aromatic carbocycles. The smallest absolute Gasteiger partial charge is 0.306 e. The summed E-state index contributed by atoms with van der Waals surface area (Å²) >= 11 is 1.31. The second-order valence-electron chi connectivity index (χ2n) is 7.78. The number of halogens is 1. The molecule has 4 aromatic rings. The van der Waals surface area contributed by atoms with Crippen molar-refractivity contribution in [2.75, 3.05) is 4.90 Å². The summed E-state index contributed by atoms with van der Waals surface area (Å²) in [6.07, 6.45) is 2.82. The van der Waals surface area contributed by atoms with Crippen LogP contribution in [0.25, 0.3) is 11.3 Å². The van der Waals surface area contributed by atoms with Gasteiger partial charge in [-0.3, -0.25) is 14.5 Å². The first kappa shape index (κ1) is 24.3. The second-order valence-corrected chi connectivity index (χ2v) is 8.62. The first-order valence-corrected chi connectivity index (χ1v) is 12.0. The number of carbonyl (C=O) groups is 2. The van der Waals surface area contributed by atoms with Crippen molar-refractivity contribution in [2.24, 2.45) is 0 Å². The van der Waals surface area contributed by atoms with E-state index in [2.05, 4.69) is 16.9 Å². The third-order valence-corrected chi connectivity index (χ3v) is 6.13. The number of aromatic nitrogens is 2. The van der Waals surface area contributed by atoms with E-state index in [4.69, 9.17) is 9.15 Å². The van der Waals surface area contributed by atoms with Crippen molar-refractivity contribution in [3.8, 4) is 11.3 Å². The Morgan fingerprint density at radius 2 is 1.86 bits per heavy atom. The van der Waals surface area contributed by atoms with Crippen LogP contribution in [0, 0.1) is 5.82 Å². The number of hydrogen-bond donors (Lipinski definition) is 0. The van der Waals surface area contributed by atoms with E-state index in [1.165, 1.54) is 40.9 Å². The number of oxazole rings is 1. The molecule has 2 heterocycles. The van der Waals surface area contributed by atoms with Crippen LogP contribution in [-0.4, -0.2) is 21.8 Å². The maximum atomic E-state index is 13.1. The molecule has 0 bridgehead atoms. The molecule has 1 amide bonds. The van der Waals surface area contributed by atoms with Gasteiger partial charge in [-0.2, -0.15) is 0 Å². The molecule has 0 fully saturated rings. The molecule has 0 atom stereocenters. The number of nitrogens with zero attached hydrogens (tertiary/aromatic N) is 3. The van der Waals surface area contributed by atoms with E-state index in [-0.39, 0.29) is 31.2 Å². The quantitative estimate of drug-likeness (QED) is 0.272. The number of amides is 1. The molecule has 0 unspecified atom stereocenters. The van der Waals surface area contributed by atoms with Crippen molar-refractivity contribution in [1.29, 1.82) is 0 Å². The lowest BCUT2D eigenvalue weighted by molar-refractivity contribution is -0.145. The van der Waals surface area contributed by atoms with Gasteiger partial charge in [-0.25, -0.2) is 14.4 Å². The summed E-state index contributed by atoms with van der Waals surface area (Å²) in [7, 11) is 0. The number of ether oxygens (including phenoxy) is 1. The summed E-state index contributed by atoms with van der Waals surface area (Å²) in [4.78, 5) is 34.7. The summed E-state index contributed by atoms with van der Waals surface area (Å²) < 4.78 is 24.0. The summed E-state index contributed by atoms with van der Waals surface area (Å²) in [5.41, 5.74) is 3.18. The number of rotatable bonds is 9. The van der Waals surface area contributed by atoms with Crippen LogP contribution in [0.15, 0.2) is 64.5 Å². The van der Waals surface area contributed by atoms with Gasteiger partial charge < -0.3 is 9.15 Å². The zero-order valence-electron chi connectivity index (χ0n) is 19.4. The molecule has 0 saturated heterocycles. The highest BCUT2D eigenvalue weighted by Gasteiger charge is 2.18. The highest BCUT2D eigenvalue weighted by Crippen LogP contribution is 2.29. The minimum absolute atomic E-state index is 0.00225. The average Bonchev–Trinajstić information content (AvgIpc) is 3.52. The highest BCUT2D eigenvalue weighted by atomic mass is 32.1. The molecule has 0 spiro atoms. The van der Waals surface area contributed by atoms with E-state index in [9.17, 15) is 14.0 Å². The third-order valence-electron chi connectivity index (χ3n) is 5.25. The monoisotopic (exact) mass is 493 g/mol. The van der Waals surface area contributed by atoms with E-state index < -0.39 is 5.97 Å². The number of esters is 1. The van der Waals surface area contributed by atoms with Crippen molar-refractivity contribution in [1.82, 2.24) is 9.97 Å². The lowest BCUT2D eigenvalue weighted by Crippen LogP contribution is -2.22. The third kappa shape index (κ3) is 6.19. The fourth-order valence-corrected chi connectivity index (χ4v) is 4.25. The van der Waals surface area contributed by atoms with Crippen LogP contribution < -0.4 is 4.90 Å². The number of carbonyl (C=O) groups excluding carboxylic acids is 2. The summed E-state index contributed by atoms with van der Waals surface area (Å²) in [5, 5.41) is 2.28. The standard InChI is InChI=1S/C26H24FN3O4S/c1-3-18-4-10-22(11-5-18)30(17(2)31)26-29-21(16-35-26)15-33-25(32)13-12-24-28-14-23(34-24)19-6-8-20(27)9-7-19/h4-11,14,16H,3,12-13,15H2,1-2H3. The molecule has 35 heavy (non-hydrogen) atoms. The number of thiazole rings is 1. The Kier molecular flexibility index (Phi) is 7.67. The molecule has 0 aliphatic carbocycles. The van der Waals surface area contributed by atoms with Gasteiger partial charge in [0.15, 0.2) is 16.8 Å². The second kappa shape index (κ2) is 11.1. The molecule has 180 valence electrons. The van der Waals surface area contributed by atoms with Gasteiger partial charge in [-0.05, 0) is 48.4 Å². The Bertz CT molecular complexity index is 1300. The predicted molar refractivity (Wildman–Crippen MR) is 131 cm³/mol. The molecular weight excluding hydrogens is 469 g/mol. The fourth-order valence-electron chi connectivity index (χ4n) is 3.38. The normalized spacial score (nSPS) is 10.8. The number of aryl methyl sites for hydroxylation is 2. The molecule has 9 heteroatoms. The minimum Gasteiger partial charge on any atom is -0.459 e. The highest BCUT2D eigenvalue weighted by molar-refractivity contribution is 7.14. The maximum Gasteiger partial charge on any atom is 0.306 e. The van der Waals surface area contributed by atoms with Crippen LogP contribution in [0.3, 0.4) is 0 Å². The molecule has 0 N–H and O–H groups in total. The zero-order chi connectivity index (χ0) is 24.8. The van der Waals surface area contributed by atoms with Crippen molar-refractivity contribution in [3.63, 3.8) is 0 Å². The van der Waals surface area contributed by atoms with Crippen LogP contribution in [0.5, 0.6) is 0 Å². The zero-order valence-corrected chi connectivity index (χ0v) is 20.2. The minimum atomic E-state index is -0.417. The van der Waals surface area contributed by atoms with E-state index in [0.717, 1.165) is 12.1 Å². The van der Waals surface area contributed by atoms with E-state index in [0.29, 0.717) is 28.0 Å². The van der Waals surface area contributed by atoms with Gasteiger partial charge in [-0.1, -0.05) is 19.1 Å². The fraction of sp³-hybridized carbons (Fsp3) is 0.231. The van der Waals surface area contributed by atoms with Gasteiger partial charge in [0.2, 0.25) is 5.91 Å². The van der Waals surface area contributed by atoms with E-state index >= 15 is 0 Å². The number of hydrogen-bond acceptors (Lipinski definition) is 7. The Balaban J connectivity index is 1.30. The molecule has 0 radical (unpaired) electrons. The largest absolute Gasteiger partial charge is 0.459 e. The maximum absolute atomic E-state index is 13.1. The van der Waals surface area contributed by atoms with E-state index in [1.54, 1.807) is 23.7 Å². The van der Waals surface area contributed by atoms with Crippen molar-refractivity contribution in [2.45, 2.75) is 39.7 Å². The van der Waals surface area contributed by atoms with Crippen molar-refractivity contribution in [3.05, 3.63) is 83.1 Å². The molecule has 4 rings (SSSR count). The summed E-state index contributed by atoms with van der Waals surface area (Å²) in [6, 6.07) is 13.6. The lowest BCUT2D eigenvalue weighted by atomic mass is 10.1. The summed E-state index contributed by atoms with van der Waals surface area (Å²) in [6.45, 7) is 3.56. The average molecular weight is 494 g/mol. The lowest BCUT2D eigenvalue weighted by Gasteiger charge is -2.18. The Morgan fingerprint density at radius 1 is 1.11 bits per heavy atom. The first-order valence-electron chi connectivity index (χ1n) is 11.1. The van der Waals surface area contributed by atoms with Gasteiger partial charge in [-0.15, -0.1) is 11.3 Å². The first-order chi connectivity index (χ1) is 16.9. The van der Waals surface area contributed by atoms with Gasteiger partial charge in [0.1, 0.15) is 12.4 Å². The van der Waals surface area contributed by atoms with Crippen LogP contribution >= 0.6 is 11.3 Å². The van der Waals surface area contributed by atoms with Crippen LogP contribution in [0.1, 0.15) is 37.4 Å². The van der Waals surface area contributed by atoms with Crippen molar-refractivity contribution >= 4 is 34.0 Å². The van der Waals surface area contributed by atoms with Crippen LogP contribution in [-0.2, 0) is 33.8 Å². The van der Waals surface area contributed by atoms with Gasteiger partial charge in [0.25, 0.3) is 0 Å². The molecule has 7 nitrogen and oxygen atoms in total. The van der Waals surface area contributed by atoms with E-state index in [1.807, 2.05) is 24.3 Å². The SMILES string of the molecule is CCc1ccc(N(C(C)=O)c2nc(COC(=O)CCc3ncc(-c4ccc(F)cc4)o3)cs2)cc1. The molecule has 2 aromatic heterocycles. The van der Waals surface area contributed by atoms with Crippen molar-refractivity contribution < 1.29 is 23.1 Å². The van der Waals surface area contributed by atoms with Gasteiger partial charge >= 0.3 is 5.97 Å². The number of benzene rings is 2. The molecule has 0 saturated carbocycles. The Labute approximate surface area is 206 Å². The van der Waals surface area contributed by atoms with Gasteiger partial charge in [0, 0.05) is 24.3 Å². The van der Waals surface area contributed by atoms with Gasteiger partial charge in [0.05, 0.1) is 24.0 Å². The predicted octanol–water partition coefficient (Wildman–Crippen LogP) is 5.86. The van der Waals surface area contributed by atoms with Crippen LogP contribution in [0.2, 0.25) is 0 Å². The Hall–Kier alpha value is -3.85. The molecular formula is C26H24FN3O4S. The molecule has 0 aliphatic rings. The summed E-state index contributed by atoms with van der Waals surface area (Å²) in [5.74, 6) is -0.00741.